The minimum Gasteiger partial charge on any atom is -0.493 e. The van der Waals surface area contributed by atoms with Crippen LogP contribution in [0.15, 0.2) is 59.4 Å². The maximum absolute atomic E-state index is 12.2. The molecule has 0 spiro atoms. The van der Waals surface area contributed by atoms with E-state index in [1.807, 2.05) is 56.3 Å². The summed E-state index contributed by atoms with van der Waals surface area (Å²) in [5.74, 6) is 0.820. The van der Waals surface area contributed by atoms with Gasteiger partial charge in [0, 0.05) is 23.7 Å². The van der Waals surface area contributed by atoms with Crippen LogP contribution in [0.3, 0.4) is 0 Å². The lowest BCUT2D eigenvalue weighted by Crippen LogP contribution is -2.13. The summed E-state index contributed by atoms with van der Waals surface area (Å²) in [5.41, 5.74) is 4.07. The first-order valence-electron chi connectivity index (χ1n) is 9.18. The van der Waals surface area contributed by atoms with E-state index >= 15 is 0 Å². The van der Waals surface area contributed by atoms with E-state index in [0.29, 0.717) is 30.8 Å². The van der Waals surface area contributed by atoms with Gasteiger partial charge in [-0.15, -0.1) is 0 Å². The third-order valence-electron chi connectivity index (χ3n) is 4.32. The average Bonchev–Trinajstić information content (AvgIpc) is 2.68. The quantitative estimate of drug-likeness (QED) is 0.613. The van der Waals surface area contributed by atoms with Crippen LogP contribution in [-0.2, 0) is 4.79 Å². The molecule has 28 heavy (non-hydrogen) atoms. The molecule has 3 rings (SSSR count). The van der Waals surface area contributed by atoms with E-state index in [1.165, 1.54) is 6.07 Å². The first-order valence-corrected chi connectivity index (χ1v) is 9.18. The molecule has 0 aliphatic heterocycles. The number of ether oxygens (including phenoxy) is 1. The maximum atomic E-state index is 12.2. The molecule has 0 fully saturated rings. The molecule has 0 saturated carbocycles. The molecule has 0 bridgehead atoms. The number of aromatic amines is 1. The highest BCUT2D eigenvalue weighted by Crippen LogP contribution is 2.23. The number of benzene rings is 2. The summed E-state index contributed by atoms with van der Waals surface area (Å²) in [4.78, 5) is 23.4. The topological polar surface area (TPSA) is 84.1 Å². The van der Waals surface area contributed by atoms with Crippen molar-refractivity contribution in [3.8, 4) is 17.0 Å². The van der Waals surface area contributed by atoms with E-state index in [4.69, 9.17) is 4.74 Å². The fourth-order valence-electron chi connectivity index (χ4n) is 2.92. The Labute approximate surface area is 163 Å². The molecule has 0 unspecified atom stereocenters. The van der Waals surface area contributed by atoms with Crippen molar-refractivity contribution < 1.29 is 9.53 Å². The molecule has 1 heterocycles. The highest BCUT2D eigenvalue weighted by Gasteiger charge is 2.07. The van der Waals surface area contributed by atoms with Crippen molar-refractivity contribution in [2.75, 3.05) is 11.9 Å². The number of H-pyrrole nitrogens is 1. The second-order valence-corrected chi connectivity index (χ2v) is 6.61. The molecular weight excluding hydrogens is 354 g/mol. The number of amides is 1. The molecule has 144 valence electrons. The van der Waals surface area contributed by atoms with Crippen molar-refractivity contribution in [3.63, 3.8) is 0 Å². The minimum absolute atomic E-state index is 0.0725. The van der Waals surface area contributed by atoms with Gasteiger partial charge in [-0.05, 0) is 49.6 Å². The molecule has 1 aromatic heterocycles. The largest absolute Gasteiger partial charge is 0.493 e. The van der Waals surface area contributed by atoms with Crippen LogP contribution in [0.4, 0.5) is 5.69 Å². The zero-order valence-corrected chi connectivity index (χ0v) is 16.0. The summed E-state index contributed by atoms with van der Waals surface area (Å²) in [6, 6.07) is 16.4. The summed E-state index contributed by atoms with van der Waals surface area (Å²) >= 11 is 0. The molecule has 2 aromatic carbocycles. The predicted octanol–water partition coefficient (Wildman–Crippen LogP) is 3.85. The molecule has 0 radical (unpaired) electrons. The third-order valence-corrected chi connectivity index (χ3v) is 4.32. The molecule has 0 aliphatic carbocycles. The molecular formula is C22H23N3O3. The van der Waals surface area contributed by atoms with Crippen LogP contribution in [-0.4, -0.2) is 22.7 Å². The van der Waals surface area contributed by atoms with Crippen LogP contribution >= 0.6 is 0 Å². The number of carbonyl (C=O) groups excluding carboxylic acids is 1. The Morgan fingerprint density at radius 1 is 1.07 bits per heavy atom. The first kappa shape index (κ1) is 19.4. The van der Waals surface area contributed by atoms with Crippen LogP contribution in [0.2, 0.25) is 0 Å². The van der Waals surface area contributed by atoms with Gasteiger partial charge in [0.25, 0.3) is 5.56 Å². The Hall–Kier alpha value is -3.41. The van der Waals surface area contributed by atoms with E-state index in [1.54, 1.807) is 6.07 Å². The van der Waals surface area contributed by atoms with Crippen LogP contribution in [0.1, 0.15) is 24.0 Å². The standard InChI is InChI=1S/C22H23N3O3/c1-15-6-3-7-16(2)22(15)28-13-5-10-20(26)23-18-9-4-8-17(14-18)19-11-12-21(27)25-24-19/h3-4,6-9,11-12,14H,5,10,13H2,1-2H3,(H,23,26)(H,25,27). The van der Waals surface area contributed by atoms with Gasteiger partial charge in [0.05, 0.1) is 12.3 Å². The zero-order valence-electron chi connectivity index (χ0n) is 16.0. The average molecular weight is 377 g/mol. The van der Waals surface area contributed by atoms with Crippen LogP contribution in [0, 0.1) is 13.8 Å². The monoisotopic (exact) mass is 377 g/mol. The van der Waals surface area contributed by atoms with Crippen LogP contribution in [0.25, 0.3) is 11.3 Å². The smallest absolute Gasteiger partial charge is 0.264 e. The van der Waals surface area contributed by atoms with Gasteiger partial charge in [-0.1, -0.05) is 30.3 Å². The molecule has 0 atom stereocenters. The third kappa shape index (κ3) is 5.07. The molecule has 0 aliphatic rings. The van der Waals surface area contributed by atoms with Crippen molar-refractivity contribution in [2.45, 2.75) is 26.7 Å². The van der Waals surface area contributed by atoms with Crippen molar-refractivity contribution in [1.82, 2.24) is 10.2 Å². The Morgan fingerprint density at radius 2 is 1.82 bits per heavy atom. The SMILES string of the molecule is Cc1cccc(C)c1OCCCC(=O)Nc1cccc(-c2ccc(=O)[nH]n2)c1. The molecule has 6 heteroatoms. The van der Waals surface area contributed by atoms with Crippen molar-refractivity contribution >= 4 is 11.6 Å². The van der Waals surface area contributed by atoms with Crippen molar-refractivity contribution in [2.24, 2.45) is 0 Å². The van der Waals surface area contributed by atoms with Crippen LogP contribution in [0.5, 0.6) is 5.75 Å². The van der Waals surface area contributed by atoms with E-state index in [0.717, 1.165) is 22.4 Å². The van der Waals surface area contributed by atoms with Crippen molar-refractivity contribution in [1.29, 1.82) is 0 Å². The molecule has 3 aromatic rings. The fraction of sp³-hybridized carbons (Fsp3) is 0.227. The first-order chi connectivity index (χ1) is 13.5. The highest BCUT2D eigenvalue weighted by atomic mass is 16.5. The lowest BCUT2D eigenvalue weighted by atomic mass is 10.1. The Balaban J connectivity index is 1.52. The fourth-order valence-corrected chi connectivity index (χ4v) is 2.92. The highest BCUT2D eigenvalue weighted by molar-refractivity contribution is 5.91. The number of para-hydroxylation sites is 1. The number of hydrogen-bond donors (Lipinski definition) is 2. The van der Waals surface area contributed by atoms with Gasteiger partial charge < -0.3 is 10.1 Å². The number of carbonyl (C=O) groups is 1. The number of nitrogens with one attached hydrogen (secondary N) is 2. The summed E-state index contributed by atoms with van der Waals surface area (Å²) in [7, 11) is 0. The van der Waals surface area contributed by atoms with Gasteiger partial charge in [0.2, 0.25) is 5.91 Å². The Kier molecular flexibility index (Phi) is 6.22. The maximum Gasteiger partial charge on any atom is 0.264 e. The molecule has 1 amide bonds. The summed E-state index contributed by atoms with van der Waals surface area (Å²) < 4.78 is 5.84. The Morgan fingerprint density at radius 3 is 2.54 bits per heavy atom. The van der Waals surface area contributed by atoms with E-state index in [2.05, 4.69) is 15.5 Å². The van der Waals surface area contributed by atoms with Gasteiger partial charge in [0.1, 0.15) is 5.75 Å². The van der Waals surface area contributed by atoms with E-state index < -0.39 is 0 Å². The van der Waals surface area contributed by atoms with E-state index in [-0.39, 0.29) is 11.5 Å². The van der Waals surface area contributed by atoms with Gasteiger partial charge >= 0.3 is 0 Å². The number of anilines is 1. The Bertz CT molecular complexity index is 987. The summed E-state index contributed by atoms with van der Waals surface area (Å²) in [6.45, 7) is 4.51. The van der Waals surface area contributed by atoms with Crippen molar-refractivity contribution in [3.05, 3.63) is 76.1 Å². The number of hydrogen-bond acceptors (Lipinski definition) is 4. The number of aryl methyl sites for hydroxylation is 2. The molecule has 0 saturated heterocycles. The number of rotatable bonds is 7. The van der Waals surface area contributed by atoms with Gasteiger partial charge in [-0.25, -0.2) is 5.10 Å². The van der Waals surface area contributed by atoms with Gasteiger partial charge in [-0.3, -0.25) is 9.59 Å². The zero-order chi connectivity index (χ0) is 19.9. The predicted molar refractivity (Wildman–Crippen MR) is 110 cm³/mol. The summed E-state index contributed by atoms with van der Waals surface area (Å²) in [5, 5.41) is 9.30. The second kappa shape index (κ2) is 8.99. The van der Waals surface area contributed by atoms with E-state index in [9.17, 15) is 9.59 Å². The van der Waals surface area contributed by atoms with Gasteiger partial charge in [0.15, 0.2) is 0 Å². The lowest BCUT2D eigenvalue weighted by molar-refractivity contribution is -0.116. The lowest BCUT2D eigenvalue weighted by Gasteiger charge is -2.12. The molecule has 2 N–H and O–H groups in total. The number of nitrogens with zero attached hydrogens (tertiary/aromatic N) is 1. The van der Waals surface area contributed by atoms with Gasteiger partial charge in [-0.2, -0.15) is 5.10 Å². The minimum atomic E-state index is -0.253. The number of aromatic nitrogens is 2. The summed E-state index contributed by atoms with van der Waals surface area (Å²) in [6.07, 6.45) is 0.993. The second-order valence-electron chi connectivity index (χ2n) is 6.61. The normalized spacial score (nSPS) is 10.5. The molecule has 6 nitrogen and oxygen atoms in total. The van der Waals surface area contributed by atoms with Crippen LogP contribution < -0.4 is 15.6 Å².